The molecular formula is C36H48N16S4. The Morgan fingerprint density at radius 2 is 0.821 bits per heavy atom. The first-order valence-electron chi connectivity index (χ1n) is 17.3. The average Bonchev–Trinajstić information content (AvgIpc) is 3.89. The molecule has 2 aliphatic heterocycles. The predicted molar refractivity (Wildman–Crippen MR) is 233 cm³/mol. The minimum Gasteiger partial charge on any atom is -0.283 e. The fraction of sp³-hybridized carbons (Fsp3) is 0.389. The van der Waals surface area contributed by atoms with Crippen molar-refractivity contribution in [3.8, 4) is 0 Å². The van der Waals surface area contributed by atoms with Crippen molar-refractivity contribution in [2.24, 2.45) is 38.2 Å². The van der Waals surface area contributed by atoms with E-state index < -0.39 is 0 Å². The van der Waals surface area contributed by atoms with Gasteiger partial charge in [-0.15, -0.1) is 20.4 Å². The monoisotopic (exact) mass is 832 g/mol. The molecule has 20 heteroatoms. The highest BCUT2D eigenvalue weighted by molar-refractivity contribution is 7.99. The van der Waals surface area contributed by atoms with Crippen LogP contribution in [0.25, 0.3) is 0 Å². The zero-order valence-electron chi connectivity index (χ0n) is 34.3. The fourth-order valence-corrected chi connectivity index (χ4v) is 7.29. The fourth-order valence-electron chi connectivity index (χ4n) is 5.78. The summed E-state index contributed by atoms with van der Waals surface area (Å²) in [7, 11) is 7.50. The number of rotatable bonds is 10. The Hall–Kier alpha value is -4.66. The van der Waals surface area contributed by atoms with Crippen LogP contribution in [0.15, 0.2) is 101 Å². The maximum atomic E-state index is 4.66. The van der Waals surface area contributed by atoms with E-state index in [0.29, 0.717) is 22.2 Å². The number of allylic oxidation sites excluding steroid dienone is 10. The summed E-state index contributed by atoms with van der Waals surface area (Å²) in [6.07, 6.45) is 20.4. The van der Waals surface area contributed by atoms with Gasteiger partial charge in [0.25, 0.3) is 0 Å². The summed E-state index contributed by atoms with van der Waals surface area (Å²) < 4.78 is 6.97. The summed E-state index contributed by atoms with van der Waals surface area (Å²) in [5, 5.41) is 20.5. The van der Waals surface area contributed by atoms with Gasteiger partial charge in [0.05, 0.1) is 11.4 Å². The van der Waals surface area contributed by atoms with E-state index in [1.54, 1.807) is 18.7 Å². The lowest BCUT2D eigenvalue weighted by Crippen LogP contribution is -2.25. The number of nitrogens with zero attached hydrogens (tertiary/aromatic N) is 16. The van der Waals surface area contributed by atoms with E-state index in [9.17, 15) is 0 Å². The maximum Gasteiger partial charge on any atom is 0.248 e. The number of aliphatic imine (C=N–C) groups is 2. The van der Waals surface area contributed by atoms with Gasteiger partial charge in [0.2, 0.25) is 44.4 Å². The molecule has 16 nitrogen and oxygen atoms in total. The van der Waals surface area contributed by atoms with Crippen molar-refractivity contribution in [2.75, 3.05) is 34.8 Å². The van der Waals surface area contributed by atoms with E-state index in [-0.39, 0.29) is 0 Å². The van der Waals surface area contributed by atoms with E-state index in [1.807, 2.05) is 79.2 Å². The van der Waals surface area contributed by atoms with E-state index in [0.717, 1.165) is 56.4 Å². The van der Waals surface area contributed by atoms with Gasteiger partial charge in [-0.25, -0.2) is 28.7 Å². The summed E-state index contributed by atoms with van der Waals surface area (Å²) in [6, 6.07) is 0. The van der Waals surface area contributed by atoms with E-state index in [1.165, 1.54) is 58.2 Å². The largest absolute Gasteiger partial charge is 0.283 e. The van der Waals surface area contributed by atoms with Gasteiger partial charge < -0.3 is 0 Å². The lowest BCUT2D eigenvalue weighted by Gasteiger charge is -2.28. The SMILES string of the molecule is CSc1nc(/N=C(C)/C=C2/C=C(C)C=C(C)N2c2nc(SC)nn2C)n(C)n1.CSc1nc(/N=C(C)/C=C2/C=C(C)C=C(C)N2c2nc(SC)nn2C)n(C)n1. The van der Waals surface area contributed by atoms with Crippen LogP contribution >= 0.6 is 47.0 Å². The van der Waals surface area contributed by atoms with Crippen molar-refractivity contribution in [1.29, 1.82) is 0 Å². The Morgan fingerprint density at radius 1 is 0.500 bits per heavy atom. The number of aryl methyl sites for hydroxylation is 4. The molecule has 296 valence electrons. The Kier molecular flexibility index (Phi) is 14.1. The van der Waals surface area contributed by atoms with Crippen LogP contribution in [0.2, 0.25) is 0 Å². The van der Waals surface area contributed by atoms with Crippen LogP contribution in [0, 0.1) is 0 Å². The zero-order chi connectivity index (χ0) is 40.8. The van der Waals surface area contributed by atoms with Gasteiger partial charge in [0.1, 0.15) is 0 Å². The van der Waals surface area contributed by atoms with Crippen LogP contribution in [-0.4, -0.2) is 95.5 Å². The van der Waals surface area contributed by atoms with Crippen molar-refractivity contribution >= 4 is 82.3 Å². The van der Waals surface area contributed by atoms with Crippen LogP contribution < -0.4 is 9.80 Å². The van der Waals surface area contributed by atoms with E-state index >= 15 is 0 Å². The van der Waals surface area contributed by atoms with Crippen LogP contribution in [0.4, 0.5) is 23.8 Å². The number of hydrogen-bond acceptors (Lipinski definition) is 16. The molecule has 0 spiro atoms. The molecule has 0 saturated heterocycles. The normalized spacial score (nSPS) is 16.6. The Balaban J connectivity index is 0.000000214. The molecule has 0 N–H and O–H groups in total. The molecule has 0 aromatic carbocycles. The zero-order valence-corrected chi connectivity index (χ0v) is 37.5. The van der Waals surface area contributed by atoms with Gasteiger partial charge in [0, 0.05) is 51.0 Å². The van der Waals surface area contributed by atoms with Gasteiger partial charge in [-0.05, 0) is 114 Å². The van der Waals surface area contributed by atoms with Gasteiger partial charge >= 0.3 is 0 Å². The Morgan fingerprint density at radius 3 is 1.12 bits per heavy atom. The Labute approximate surface area is 345 Å². The van der Waals surface area contributed by atoms with Crippen LogP contribution in [-0.2, 0) is 28.2 Å². The van der Waals surface area contributed by atoms with Gasteiger partial charge in [0.15, 0.2) is 0 Å². The molecule has 4 aromatic heterocycles. The van der Waals surface area contributed by atoms with Crippen molar-refractivity contribution in [3.63, 3.8) is 0 Å². The molecule has 0 atom stereocenters. The molecule has 4 aromatic rings. The van der Waals surface area contributed by atoms with E-state index in [2.05, 4.69) is 112 Å². The lowest BCUT2D eigenvalue weighted by molar-refractivity contribution is 0.730. The van der Waals surface area contributed by atoms with Crippen LogP contribution in [0.5, 0.6) is 0 Å². The number of aromatic nitrogens is 12. The molecule has 0 radical (unpaired) electrons. The first-order valence-corrected chi connectivity index (χ1v) is 22.2. The summed E-state index contributed by atoms with van der Waals surface area (Å²) in [4.78, 5) is 31.6. The third-order valence-corrected chi connectivity index (χ3v) is 10.3. The minimum absolute atomic E-state index is 0.581. The molecule has 0 amide bonds. The van der Waals surface area contributed by atoms with E-state index in [4.69, 9.17) is 0 Å². The number of anilines is 2. The van der Waals surface area contributed by atoms with Crippen molar-refractivity contribution in [2.45, 2.75) is 62.2 Å². The van der Waals surface area contributed by atoms with Crippen molar-refractivity contribution in [1.82, 2.24) is 59.1 Å². The molecule has 0 saturated carbocycles. The highest BCUT2D eigenvalue weighted by Gasteiger charge is 2.24. The average molecular weight is 833 g/mol. The lowest BCUT2D eigenvalue weighted by atomic mass is 10.1. The second-order valence-corrected chi connectivity index (χ2v) is 15.8. The number of thioether (sulfide) groups is 4. The second kappa shape index (κ2) is 18.5. The second-order valence-electron chi connectivity index (χ2n) is 12.8. The van der Waals surface area contributed by atoms with Crippen LogP contribution in [0.1, 0.15) is 41.5 Å². The molecule has 0 bridgehead atoms. The summed E-state index contributed by atoms with van der Waals surface area (Å²) >= 11 is 6.05. The highest BCUT2D eigenvalue weighted by atomic mass is 32.2. The molecule has 0 aliphatic carbocycles. The topological polar surface area (TPSA) is 154 Å². The molecular weight excluding hydrogens is 785 g/mol. The first kappa shape index (κ1) is 42.5. The quantitative estimate of drug-likeness (QED) is 0.115. The van der Waals surface area contributed by atoms with Gasteiger partial charge in [-0.2, -0.15) is 19.9 Å². The molecule has 6 heterocycles. The van der Waals surface area contributed by atoms with Crippen molar-refractivity contribution < 1.29 is 0 Å². The molecule has 0 unspecified atom stereocenters. The maximum absolute atomic E-state index is 4.66. The molecule has 6 rings (SSSR count). The summed E-state index contributed by atoms with van der Waals surface area (Å²) in [5.74, 6) is 2.70. The van der Waals surface area contributed by atoms with Gasteiger partial charge in [-0.3, -0.25) is 9.80 Å². The smallest absolute Gasteiger partial charge is 0.248 e. The summed E-state index contributed by atoms with van der Waals surface area (Å²) in [6.45, 7) is 12.2. The summed E-state index contributed by atoms with van der Waals surface area (Å²) in [5.41, 5.74) is 8.11. The van der Waals surface area contributed by atoms with Crippen molar-refractivity contribution in [3.05, 3.63) is 70.4 Å². The predicted octanol–water partition coefficient (Wildman–Crippen LogP) is 7.47. The first-order chi connectivity index (χ1) is 26.6. The molecule has 2 aliphatic rings. The Bertz CT molecular complexity index is 2180. The third-order valence-electron chi connectivity index (χ3n) is 8.13. The third kappa shape index (κ3) is 10.0. The standard InChI is InChI=1S/2C18H24N8S2/c2*1-11-8-13(3)26(18-21-17(28-7)23-25(18)5)14(9-11)10-12(2)19-15-20-16(27-6)22-24(15)4/h2*8-10H,1-7H3/b2*14-10-,19-12+. The van der Waals surface area contributed by atoms with Crippen LogP contribution in [0.3, 0.4) is 0 Å². The van der Waals surface area contributed by atoms with Gasteiger partial charge in [-0.1, -0.05) is 47.0 Å². The molecule has 56 heavy (non-hydrogen) atoms. The molecule has 0 fully saturated rings. The highest BCUT2D eigenvalue weighted by Crippen LogP contribution is 2.31. The number of hydrogen-bond donors (Lipinski definition) is 0. The minimum atomic E-state index is 0.581.